The standard InChI is InChI=1S/C18H29NO3/c1-14(2)8-10-22-17-7-6-15(11-18(17)20-3)12-19-13-16-5-4-9-21-16/h6-7,11,14,16,19H,4-5,8-10,12-13H2,1-3H3. The Morgan fingerprint density at radius 1 is 1.32 bits per heavy atom. The summed E-state index contributed by atoms with van der Waals surface area (Å²) in [6.07, 6.45) is 3.77. The van der Waals surface area contributed by atoms with Crippen molar-refractivity contribution >= 4 is 0 Å². The zero-order chi connectivity index (χ0) is 15.8. The Morgan fingerprint density at radius 3 is 2.86 bits per heavy atom. The van der Waals surface area contributed by atoms with E-state index in [-0.39, 0.29) is 0 Å². The Morgan fingerprint density at radius 2 is 2.18 bits per heavy atom. The third-order valence-corrected chi connectivity index (χ3v) is 3.91. The first-order valence-electron chi connectivity index (χ1n) is 8.31. The van der Waals surface area contributed by atoms with Crippen LogP contribution in [0.3, 0.4) is 0 Å². The first kappa shape index (κ1) is 17.1. The summed E-state index contributed by atoms with van der Waals surface area (Å²) in [5.41, 5.74) is 1.20. The van der Waals surface area contributed by atoms with Crippen molar-refractivity contribution in [2.24, 2.45) is 5.92 Å². The summed E-state index contributed by atoms with van der Waals surface area (Å²) in [5.74, 6) is 2.28. The average Bonchev–Trinajstić information content (AvgIpc) is 3.01. The van der Waals surface area contributed by atoms with Gasteiger partial charge in [0.1, 0.15) is 0 Å². The van der Waals surface area contributed by atoms with Crippen LogP contribution in [0.1, 0.15) is 38.7 Å². The minimum absolute atomic E-state index is 0.375. The molecule has 0 spiro atoms. The maximum absolute atomic E-state index is 5.81. The van der Waals surface area contributed by atoms with Crippen molar-refractivity contribution in [3.63, 3.8) is 0 Å². The van der Waals surface area contributed by atoms with Crippen LogP contribution >= 0.6 is 0 Å². The van der Waals surface area contributed by atoms with E-state index in [2.05, 4.69) is 25.2 Å². The zero-order valence-corrected chi connectivity index (χ0v) is 14.1. The first-order valence-corrected chi connectivity index (χ1v) is 8.31. The molecule has 1 fully saturated rings. The molecule has 22 heavy (non-hydrogen) atoms. The van der Waals surface area contributed by atoms with E-state index in [4.69, 9.17) is 14.2 Å². The third-order valence-electron chi connectivity index (χ3n) is 3.91. The normalized spacial score (nSPS) is 17.9. The van der Waals surface area contributed by atoms with Gasteiger partial charge < -0.3 is 19.5 Å². The first-order chi connectivity index (χ1) is 10.7. The van der Waals surface area contributed by atoms with Crippen LogP contribution in [0.2, 0.25) is 0 Å². The van der Waals surface area contributed by atoms with E-state index in [1.165, 1.54) is 18.4 Å². The minimum atomic E-state index is 0.375. The molecule has 0 aromatic heterocycles. The van der Waals surface area contributed by atoms with E-state index in [1.54, 1.807) is 7.11 Å². The lowest BCUT2D eigenvalue weighted by molar-refractivity contribution is 0.110. The van der Waals surface area contributed by atoms with Crippen molar-refractivity contribution in [2.75, 3.05) is 26.9 Å². The molecule has 1 N–H and O–H groups in total. The van der Waals surface area contributed by atoms with Crippen molar-refractivity contribution < 1.29 is 14.2 Å². The predicted molar refractivity (Wildman–Crippen MR) is 88.6 cm³/mol. The van der Waals surface area contributed by atoms with Gasteiger partial charge in [0.15, 0.2) is 11.5 Å². The van der Waals surface area contributed by atoms with Crippen molar-refractivity contribution in [3.05, 3.63) is 23.8 Å². The number of hydrogen-bond acceptors (Lipinski definition) is 4. The van der Waals surface area contributed by atoms with Crippen LogP contribution in [0.4, 0.5) is 0 Å². The number of ether oxygens (including phenoxy) is 3. The smallest absolute Gasteiger partial charge is 0.161 e. The Balaban J connectivity index is 1.81. The summed E-state index contributed by atoms with van der Waals surface area (Å²) >= 11 is 0. The van der Waals surface area contributed by atoms with Gasteiger partial charge in [-0.2, -0.15) is 0 Å². The van der Waals surface area contributed by atoms with Gasteiger partial charge in [-0.25, -0.2) is 0 Å². The van der Waals surface area contributed by atoms with Gasteiger partial charge in [0.05, 0.1) is 19.8 Å². The minimum Gasteiger partial charge on any atom is -0.493 e. The van der Waals surface area contributed by atoms with Gasteiger partial charge in [0.2, 0.25) is 0 Å². The van der Waals surface area contributed by atoms with E-state index >= 15 is 0 Å². The SMILES string of the molecule is COc1cc(CNCC2CCCO2)ccc1OCCC(C)C. The molecule has 1 aromatic rings. The largest absolute Gasteiger partial charge is 0.493 e. The van der Waals surface area contributed by atoms with E-state index in [9.17, 15) is 0 Å². The van der Waals surface area contributed by atoms with Crippen LogP contribution in [0.25, 0.3) is 0 Å². The molecule has 0 bridgehead atoms. The number of hydrogen-bond donors (Lipinski definition) is 1. The highest BCUT2D eigenvalue weighted by molar-refractivity contribution is 5.42. The summed E-state index contributed by atoms with van der Waals surface area (Å²) in [7, 11) is 1.69. The molecule has 1 unspecified atom stereocenters. The lowest BCUT2D eigenvalue weighted by atomic mass is 10.1. The van der Waals surface area contributed by atoms with Gasteiger partial charge in [-0.1, -0.05) is 19.9 Å². The Kier molecular flexibility index (Phi) is 7.00. The van der Waals surface area contributed by atoms with Gasteiger partial charge in [-0.15, -0.1) is 0 Å². The second-order valence-electron chi connectivity index (χ2n) is 6.28. The monoisotopic (exact) mass is 307 g/mol. The molecule has 0 amide bonds. The van der Waals surface area contributed by atoms with Crippen LogP contribution in [-0.2, 0) is 11.3 Å². The quantitative estimate of drug-likeness (QED) is 0.759. The van der Waals surface area contributed by atoms with E-state index in [1.807, 2.05) is 12.1 Å². The molecule has 0 radical (unpaired) electrons. The van der Waals surface area contributed by atoms with Gasteiger partial charge >= 0.3 is 0 Å². The van der Waals surface area contributed by atoms with E-state index < -0.39 is 0 Å². The summed E-state index contributed by atoms with van der Waals surface area (Å²) in [5, 5.41) is 3.45. The average molecular weight is 307 g/mol. The number of rotatable bonds is 9. The van der Waals surface area contributed by atoms with Gasteiger partial charge in [-0.3, -0.25) is 0 Å². The predicted octanol–water partition coefficient (Wildman–Crippen LogP) is 3.39. The van der Waals surface area contributed by atoms with Crippen molar-refractivity contribution in [1.82, 2.24) is 5.32 Å². The molecule has 1 aromatic carbocycles. The molecule has 4 nitrogen and oxygen atoms in total. The maximum atomic E-state index is 5.81. The summed E-state index contributed by atoms with van der Waals surface area (Å²) in [4.78, 5) is 0. The Bertz CT molecular complexity index is 442. The molecule has 2 rings (SSSR count). The van der Waals surface area contributed by atoms with Crippen molar-refractivity contribution in [1.29, 1.82) is 0 Å². The fourth-order valence-electron chi connectivity index (χ4n) is 2.53. The molecule has 1 heterocycles. The van der Waals surface area contributed by atoms with Gasteiger partial charge in [0, 0.05) is 19.7 Å². The highest BCUT2D eigenvalue weighted by atomic mass is 16.5. The lowest BCUT2D eigenvalue weighted by Crippen LogP contribution is -2.25. The Hall–Kier alpha value is -1.26. The topological polar surface area (TPSA) is 39.7 Å². The van der Waals surface area contributed by atoms with Crippen LogP contribution in [-0.4, -0.2) is 33.0 Å². The van der Waals surface area contributed by atoms with Gasteiger partial charge in [-0.05, 0) is 42.9 Å². The maximum Gasteiger partial charge on any atom is 0.161 e. The van der Waals surface area contributed by atoms with Crippen LogP contribution in [0.15, 0.2) is 18.2 Å². The summed E-state index contributed by atoms with van der Waals surface area (Å²) < 4.78 is 16.9. The summed E-state index contributed by atoms with van der Waals surface area (Å²) in [6, 6.07) is 6.14. The highest BCUT2D eigenvalue weighted by Gasteiger charge is 2.14. The molecule has 124 valence electrons. The van der Waals surface area contributed by atoms with E-state index in [0.29, 0.717) is 12.0 Å². The fourth-order valence-corrected chi connectivity index (χ4v) is 2.53. The summed E-state index contributed by atoms with van der Waals surface area (Å²) in [6.45, 7) is 7.76. The van der Waals surface area contributed by atoms with Crippen LogP contribution in [0.5, 0.6) is 11.5 Å². The zero-order valence-electron chi connectivity index (χ0n) is 14.1. The third kappa shape index (κ3) is 5.50. The highest BCUT2D eigenvalue weighted by Crippen LogP contribution is 2.28. The molecular weight excluding hydrogens is 278 g/mol. The molecule has 1 aliphatic rings. The fraction of sp³-hybridized carbons (Fsp3) is 0.667. The van der Waals surface area contributed by atoms with Crippen molar-refractivity contribution in [3.8, 4) is 11.5 Å². The molecule has 0 saturated carbocycles. The molecule has 1 aliphatic heterocycles. The second-order valence-corrected chi connectivity index (χ2v) is 6.28. The second kappa shape index (κ2) is 9.01. The molecular formula is C18H29NO3. The van der Waals surface area contributed by atoms with E-state index in [0.717, 1.165) is 44.2 Å². The molecule has 1 atom stereocenters. The van der Waals surface area contributed by atoms with Gasteiger partial charge in [0.25, 0.3) is 0 Å². The molecule has 0 aliphatic carbocycles. The van der Waals surface area contributed by atoms with Crippen LogP contribution in [0, 0.1) is 5.92 Å². The van der Waals surface area contributed by atoms with Crippen molar-refractivity contribution in [2.45, 2.75) is 45.8 Å². The number of benzene rings is 1. The van der Waals surface area contributed by atoms with Crippen LogP contribution < -0.4 is 14.8 Å². The number of methoxy groups -OCH3 is 1. The lowest BCUT2D eigenvalue weighted by Gasteiger charge is -2.14. The molecule has 1 saturated heterocycles. The molecule has 4 heteroatoms. The Labute approximate surface area is 134 Å². The number of nitrogens with one attached hydrogen (secondary N) is 1.